The molecule has 0 atom stereocenters. The Hall–Kier alpha value is -2.46. The lowest BCUT2D eigenvalue weighted by Gasteiger charge is -2.33. The monoisotopic (exact) mass is 390 g/mol. The second kappa shape index (κ2) is 6.93. The summed E-state index contributed by atoms with van der Waals surface area (Å²) >= 11 is 6.27. The predicted molar refractivity (Wildman–Crippen MR) is 95.8 cm³/mol. The molecule has 1 aliphatic heterocycles. The van der Waals surface area contributed by atoms with Crippen LogP contribution < -0.4 is 9.64 Å². The highest BCUT2D eigenvalue weighted by molar-refractivity contribution is 6.30. The van der Waals surface area contributed by atoms with Crippen LogP contribution in [-0.4, -0.2) is 29.2 Å². The number of aromatic nitrogens is 2. The zero-order chi connectivity index (χ0) is 19.0. The smallest absolute Gasteiger partial charge is 0.167 e. The number of anilines is 1. The molecule has 2 aromatic rings. The summed E-state index contributed by atoms with van der Waals surface area (Å²) in [6.07, 6.45) is 4.36. The van der Waals surface area contributed by atoms with Gasteiger partial charge in [-0.3, -0.25) is 4.98 Å². The van der Waals surface area contributed by atoms with Gasteiger partial charge in [0, 0.05) is 32.0 Å². The fraction of sp³-hybridized carbons (Fsp3) is 0.421. The molecule has 8 heteroatoms. The molecule has 0 bridgehead atoms. The van der Waals surface area contributed by atoms with E-state index in [-0.39, 0.29) is 17.0 Å². The van der Waals surface area contributed by atoms with E-state index in [0.717, 1.165) is 18.9 Å². The van der Waals surface area contributed by atoms with Gasteiger partial charge in [-0.05, 0) is 25.0 Å². The molecule has 5 nitrogen and oxygen atoms in total. The minimum absolute atomic E-state index is 0.0632. The fourth-order valence-electron chi connectivity index (χ4n) is 3.31. The number of hydrogen-bond donors (Lipinski definition) is 0. The van der Waals surface area contributed by atoms with E-state index < -0.39 is 17.0 Å². The first-order chi connectivity index (χ1) is 13.0. The Bertz CT molecular complexity index is 905. The first-order valence-corrected chi connectivity index (χ1v) is 9.19. The van der Waals surface area contributed by atoms with Crippen molar-refractivity contribution in [2.75, 3.05) is 18.0 Å². The van der Waals surface area contributed by atoms with Crippen LogP contribution in [0.5, 0.6) is 5.75 Å². The largest absolute Gasteiger partial charge is 0.487 e. The highest BCUT2D eigenvalue weighted by Gasteiger charge is 2.48. The first-order valence-electron chi connectivity index (χ1n) is 8.82. The van der Waals surface area contributed by atoms with E-state index in [1.54, 1.807) is 6.20 Å². The van der Waals surface area contributed by atoms with Gasteiger partial charge in [0.05, 0.1) is 18.0 Å². The molecule has 0 radical (unpaired) electrons. The van der Waals surface area contributed by atoms with Crippen molar-refractivity contribution in [2.45, 2.75) is 37.2 Å². The normalized spacial score (nSPS) is 18.8. The maximum absolute atomic E-state index is 13.7. The summed E-state index contributed by atoms with van der Waals surface area (Å²) in [4.78, 5) is 10.8. The van der Waals surface area contributed by atoms with Gasteiger partial charge >= 0.3 is 0 Å². The second-order valence-corrected chi connectivity index (χ2v) is 7.30. The summed E-state index contributed by atoms with van der Waals surface area (Å²) in [5.74, 6) is -0.604. The molecule has 2 aliphatic rings. The lowest BCUT2D eigenvalue weighted by molar-refractivity contribution is 0.163. The van der Waals surface area contributed by atoms with E-state index in [0.29, 0.717) is 37.4 Å². The second-order valence-electron chi connectivity index (χ2n) is 6.94. The molecule has 0 spiro atoms. The first kappa shape index (κ1) is 17.9. The van der Waals surface area contributed by atoms with Crippen LogP contribution in [0.15, 0.2) is 24.4 Å². The van der Waals surface area contributed by atoms with Crippen LogP contribution in [0.3, 0.4) is 0 Å². The minimum Gasteiger partial charge on any atom is -0.487 e. The molecule has 2 heterocycles. The Kier molecular flexibility index (Phi) is 4.60. The van der Waals surface area contributed by atoms with Crippen molar-refractivity contribution in [1.29, 1.82) is 5.26 Å². The zero-order valence-electron chi connectivity index (χ0n) is 14.5. The van der Waals surface area contributed by atoms with Crippen LogP contribution in [0.2, 0.25) is 5.15 Å². The third kappa shape index (κ3) is 3.54. The Morgan fingerprint density at radius 2 is 2.00 bits per heavy atom. The molecule has 4 rings (SSSR count). The van der Waals surface area contributed by atoms with Gasteiger partial charge in [-0.2, -0.15) is 5.26 Å². The van der Waals surface area contributed by atoms with Crippen molar-refractivity contribution in [3.63, 3.8) is 0 Å². The molecule has 2 fully saturated rings. The van der Waals surface area contributed by atoms with Crippen molar-refractivity contribution < 1.29 is 13.5 Å². The average Bonchev–Trinajstić information content (AvgIpc) is 3.45. The lowest BCUT2D eigenvalue weighted by atomic mass is 10.1. The summed E-state index contributed by atoms with van der Waals surface area (Å²) < 4.78 is 32.4. The van der Waals surface area contributed by atoms with Crippen LogP contribution in [-0.2, 0) is 5.41 Å². The molecule has 1 aromatic carbocycles. The van der Waals surface area contributed by atoms with E-state index in [4.69, 9.17) is 16.3 Å². The fourth-order valence-corrected chi connectivity index (χ4v) is 3.63. The highest BCUT2D eigenvalue weighted by Crippen LogP contribution is 2.48. The van der Waals surface area contributed by atoms with Crippen LogP contribution >= 0.6 is 11.6 Å². The third-order valence-corrected chi connectivity index (χ3v) is 5.35. The average molecular weight is 391 g/mol. The van der Waals surface area contributed by atoms with Gasteiger partial charge in [0.1, 0.15) is 23.2 Å². The van der Waals surface area contributed by atoms with Gasteiger partial charge < -0.3 is 9.64 Å². The number of piperidine rings is 1. The highest BCUT2D eigenvalue weighted by atomic mass is 35.5. The Balaban J connectivity index is 1.39. The number of halogens is 3. The van der Waals surface area contributed by atoms with Gasteiger partial charge in [-0.15, -0.1) is 0 Å². The SMILES string of the molecule is N#CC1(c2ncc(N3CCC(Oc4ccc(F)cc4F)CC3)nc2Cl)CC1. The maximum Gasteiger partial charge on any atom is 0.167 e. The van der Waals surface area contributed by atoms with Crippen molar-refractivity contribution in [3.8, 4) is 11.8 Å². The Morgan fingerprint density at radius 3 is 2.59 bits per heavy atom. The molecule has 0 N–H and O–H groups in total. The van der Waals surface area contributed by atoms with Gasteiger partial charge in [-0.25, -0.2) is 13.8 Å². The number of nitrogens with zero attached hydrogens (tertiary/aromatic N) is 4. The van der Waals surface area contributed by atoms with Crippen molar-refractivity contribution in [1.82, 2.24) is 9.97 Å². The molecule has 27 heavy (non-hydrogen) atoms. The van der Waals surface area contributed by atoms with Gasteiger partial charge in [0.15, 0.2) is 16.7 Å². The molecule has 0 unspecified atom stereocenters. The third-order valence-electron chi connectivity index (χ3n) is 5.09. The zero-order valence-corrected chi connectivity index (χ0v) is 15.2. The van der Waals surface area contributed by atoms with Crippen molar-refractivity contribution >= 4 is 17.4 Å². The summed E-state index contributed by atoms with van der Waals surface area (Å²) in [6.45, 7) is 1.31. The summed E-state index contributed by atoms with van der Waals surface area (Å²) in [6, 6.07) is 5.58. The molecular weight excluding hydrogens is 374 g/mol. The van der Waals surface area contributed by atoms with E-state index in [1.165, 1.54) is 12.1 Å². The van der Waals surface area contributed by atoms with Gasteiger partial charge in [0.25, 0.3) is 0 Å². The van der Waals surface area contributed by atoms with Gasteiger partial charge in [0.2, 0.25) is 0 Å². The number of nitriles is 1. The topological polar surface area (TPSA) is 62.0 Å². The maximum atomic E-state index is 13.7. The summed E-state index contributed by atoms with van der Waals surface area (Å²) in [7, 11) is 0. The van der Waals surface area contributed by atoms with Crippen LogP contribution in [0.1, 0.15) is 31.4 Å². The van der Waals surface area contributed by atoms with E-state index in [9.17, 15) is 14.0 Å². The quantitative estimate of drug-likeness (QED) is 0.789. The van der Waals surface area contributed by atoms with Crippen LogP contribution in [0, 0.1) is 23.0 Å². The van der Waals surface area contributed by atoms with E-state index in [1.807, 2.05) is 4.90 Å². The Morgan fingerprint density at radius 1 is 1.26 bits per heavy atom. The van der Waals surface area contributed by atoms with E-state index in [2.05, 4.69) is 16.0 Å². The number of hydrogen-bond acceptors (Lipinski definition) is 5. The number of ether oxygens (including phenoxy) is 1. The van der Waals surface area contributed by atoms with Gasteiger partial charge in [-0.1, -0.05) is 11.6 Å². The van der Waals surface area contributed by atoms with Crippen LogP contribution in [0.25, 0.3) is 0 Å². The lowest BCUT2D eigenvalue weighted by Crippen LogP contribution is -2.39. The predicted octanol–water partition coefficient (Wildman–Crippen LogP) is 4.01. The van der Waals surface area contributed by atoms with Crippen molar-refractivity contribution in [2.24, 2.45) is 0 Å². The molecule has 1 saturated carbocycles. The standard InChI is InChI=1S/C19H17ClF2N4O/c20-18-17(19(11-23)5-6-19)24-10-16(25-18)26-7-3-13(4-8-26)27-15-2-1-12(21)9-14(15)22/h1-2,9-10,13H,3-8H2. The van der Waals surface area contributed by atoms with Crippen molar-refractivity contribution in [3.05, 3.63) is 46.9 Å². The molecule has 1 aliphatic carbocycles. The molecule has 1 aromatic heterocycles. The van der Waals surface area contributed by atoms with E-state index >= 15 is 0 Å². The Labute approximate surface area is 160 Å². The molecular formula is C19H17ClF2N4O. The summed E-state index contributed by atoms with van der Waals surface area (Å²) in [5.41, 5.74) is -0.0108. The van der Waals surface area contributed by atoms with Crippen LogP contribution in [0.4, 0.5) is 14.6 Å². The summed E-state index contributed by atoms with van der Waals surface area (Å²) in [5, 5.41) is 9.57. The molecule has 140 valence electrons. The molecule has 0 amide bonds. The number of benzene rings is 1. The number of rotatable bonds is 4. The molecule has 1 saturated heterocycles. The minimum atomic E-state index is -0.697.